The fourth-order valence-corrected chi connectivity index (χ4v) is 2.20. The van der Waals surface area contributed by atoms with E-state index in [4.69, 9.17) is 0 Å². The molecule has 0 aromatic carbocycles. The Balaban J connectivity index is 2.02. The van der Waals surface area contributed by atoms with E-state index in [1.807, 2.05) is 19.1 Å². The first-order chi connectivity index (χ1) is 8.59. The largest absolute Gasteiger partial charge is 0.390 e. The van der Waals surface area contributed by atoms with Gasteiger partial charge in [0, 0.05) is 26.3 Å². The minimum absolute atomic E-state index is 0.00968. The number of likely N-dealkylation sites (N-methyl/N-ethyl adjacent to an activating group) is 1. The molecule has 1 saturated heterocycles. The van der Waals surface area contributed by atoms with E-state index in [9.17, 15) is 9.90 Å². The number of carbonyl (C=O) groups excluding carboxylic acids is 1. The number of pyridine rings is 1. The highest BCUT2D eigenvalue weighted by Gasteiger charge is 2.31. The molecular weight excluding hydrogens is 230 g/mol. The van der Waals surface area contributed by atoms with Crippen LogP contribution in [0.5, 0.6) is 0 Å². The predicted molar refractivity (Wildman–Crippen MR) is 68.1 cm³/mol. The fraction of sp³-hybridized carbons (Fsp3) is 0.538. The first-order valence-corrected chi connectivity index (χ1v) is 6.14. The van der Waals surface area contributed by atoms with E-state index in [1.54, 1.807) is 18.1 Å². The summed E-state index contributed by atoms with van der Waals surface area (Å²) in [6.45, 7) is 3.14. The number of rotatable bonds is 3. The molecule has 98 valence electrons. The molecule has 0 spiro atoms. The molecule has 0 saturated carbocycles. The van der Waals surface area contributed by atoms with E-state index in [2.05, 4.69) is 10.3 Å². The van der Waals surface area contributed by atoms with Crippen LogP contribution in [0.4, 0.5) is 0 Å². The van der Waals surface area contributed by atoms with Crippen LogP contribution in [0, 0.1) is 6.92 Å². The van der Waals surface area contributed by atoms with Gasteiger partial charge in [-0.15, -0.1) is 0 Å². The quantitative estimate of drug-likeness (QED) is 0.773. The van der Waals surface area contributed by atoms with Crippen molar-refractivity contribution in [2.45, 2.75) is 25.5 Å². The second-order valence-electron chi connectivity index (χ2n) is 4.74. The molecule has 0 unspecified atom stereocenters. The molecule has 2 atom stereocenters. The number of aliphatic hydroxyl groups excluding tert-OH is 1. The minimum Gasteiger partial charge on any atom is -0.390 e. The van der Waals surface area contributed by atoms with Gasteiger partial charge in [0.1, 0.15) is 0 Å². The SMILES string of the molecule is Cc1cccnc1CC(=O)N(C)[C@@H]1CNC[C@H]1O. The number of amides is 1. The molecule has 1 amide bonds. The van der Waals surface area contributed by atoms with Crippen LogP contribution in [0.15, 0.2) is 18.3 Å². The van der Waals surface area contributed by atoms with Crippen LogP contribution in [0.1, 0.15) is 11.3 Å². The van der Waals surface area contributed by atoms with Gasteiger partial charge in [0.2, 0.25) is 5.91 Å². The molecule has 2 heterocycles. The summed E-state index contributed by atoms with van der Waals surface area (Å²) < 4.78 is 0. The van der Waals surface area contributed by atoms with Crippen molar-refractivity contribution < 1.29 is 9.90 Å². The summed E-state index contributed by atoms with van der Waals surface area (Å²) in [7, 11) is 1.74. The average molecular weight is 249 g/mol. The Morgan fingerprint density at radius 3 is 3.00 bits per heavy atom. The van der Waals surface area contributed by atoms with Gasteiger partial charge >= 0.3 is 0 Å². The van der Waals surface area contributed by atoms with Crippen LogP contribution in [-0.2, 0) is 11.2 Å². The first-order valence-electron chi connectivity index (χ1n) is 6.14. The monoisotopic (exact) mass is 249 g/mol. The van der Waals surface area contributed by atoms with Gasteiger partial charge in [0.15, 0.2) is 0 Å². The molecule has 1 aliphatic heterocycles. The van der Waals surface area contributed by atoms with Crippen molar-refractivity contribution in [3.05, 3.63) is 29.6 Å². The Bertz CT molecular complexity index is 436. The Hall–Kier alpha value is -1.46. The second kappa shape index (κ2) is 5.46. The number of hydrogen-bond acceptors (Lipinski definition) is 4. The van der Waals surface area contributed by atoms with E-state index in [0.29, 0.717) is 13.1 Å². The van der Waals surface area contributed by atoms with Crippen molar-refractivity contribution in [1.82, 2.24) is 15.2 Å². The number of carbonyl (C=O) groups is 1. The smallest absolute Gasteiger partial charge is 0.228 e. The van der Waals surface area contributed by atoms with Gasteiger partial charge in [-0.2, -0.15) is 0 Å². The fourth-order valence-electron chi connectivity index (χ4n) is 2.20. The van der Waals surface area contributed by atoms with E-state index >= 15 is 0 Å². The van der Waals surface area contributed by atoms with Gasteiger partial charge in [-0.1, -0.05) is 6.07 Å². The van der Waals surface area contributed by atoms with Gasteiger partial charge in [-0.25, -0.2) is 0 Å². The molecule has 1 fully saturated rings. The summed E-state index contributed by atoms with van der Waals surface area (Å²) in [6, 6.07) is 3.67. The lowest BCUT2D eigenvalue weighted by atomic mass is 10.1. The maximum atomic E-state index is 12.1. The van der Waals surface area contributed by atoms with E-state index in [0.717, 1.165) is 11.3 Å². The van der Waals surface area contributed by atoms with E-state index in [-0.39, 0.29) is 18.4 Å². The van der Waals surface area contributed by atoms with Crippen molar-refractivity contribution in [3.8, 4) is 0 Å². The standard InChI is InChI=1S/C13H19N3O2/c1-9-4-3-5-15-10(9)6-13(18)16(2)11-7-14-8-12(11)17/h3-5,11-12,14,17H,6-8H2,1-2H3/t11-,12-/m1/s1. The van der Waals surface area contributed by atoms with Crippen LogP contribution >= 0.6 is 0 Å². The van der Waals surface area contributed by atoms with Crippen LogP contribution in [0.2, 0.25) is 0 Å². The van der Waals surface area contributed by atoms with Crippen LogP contribution in [-0.4, -0.2) is 53.2 Å². The lowest BCUT2D eigenvalue weighted by molar-refractivity contribution is -0.132. The summed E-state index contributed by atoms with van der Waals surface area (Å²) in [4.78, 5) is 18.0. The topological polar surface area (TPSA) is 65.5 Å². The van der Waals surface area contributed by atoms with E-state index < -0.39 is 6.10 Å². The Labute approximate surface area is 107 Å². The van der Waals surface area contributed by atoms with Crippen molar-refractivity contribution in [2.24, 2.45) is 0 Å². The lowest BCUT2D eigenvalue weighted by Gasteiger charge is -2.26. The van der Waals surface area contributed by atoms with Gasteiger partial charge < -0.3 is 15.3 Å². The van der Waals surface area contributed by atoms with Crippen LogP contribution in [0.3, 0.4) is 0 Å². The highest BCUT2D eigenvalue weighted by molar-refractivity contribution is 5.78. The summed E-state index contributed by atoms with van der Waals surface area (Å²) >= 11 is 0. The maximum absolute atomic E-state index is 12.1. The third kappa shape index (κ3) is 2.68. The molecular formula is C13H19N3O2. The molecule has 2 N–H and O–H groups in total. The number of β-amino-alcohol motifs (C(OH)–C–C–N with tert-alkyl or cyclic N) is 1. The molecule has 1 aromatic heterocycles. The number of nitrogens with zero attached hydrogens (tertiary/aromatic N) is 2. The van der Waals surface area contributed by atoms with Gasteiger partial charge in [0.25, 0.3) is 0 Å². The van der Waals surface area contributed by atoms with Gasteiger partial charge in [-0.3, -0.25) is 9.78 Å². The Morgan fingerprint density at radius 2 is 2.39 bits per heavy atom. The number of hydrogen-bond donors (Lipinski definition) is 2. The van der Waals surface area contributed by atoms with Crippen molar-refractivity contribution >= 4 is 5.91 Å². The van der Waals surface area contributed by atoms with Crippen LogP contribution < -0.4 is 5.32 Å². The zero-order valence-corrected chi connectivity index (χ0v) is 10.8. The zero-order chi connectivity index (χ0) is 13.1. The molecule has 1 aliphatic rings. The number of aryl methyl sites for hydroxylation is 1. The normalized spacial score (nSPS) is 23.1. The van der Waals surface area contributed by atoms with Gasteiger partial charge in [0.05, 0.1) is 24.3 Å². The Morgan fingerprint density at radius 1 is 1.61 bits per heavy atom. The molecule has 0 radical (unpaired) electrons. The third-order valence-corrected chi connectivity index (χ3v) is 3.48. The summed E-state index contributed by atoms with van der Waals surface area (Å²) in [6.07, 6.45) is 1.50. The van der Waals surface area contributed by atoms with Gasteiger partial charge in [-0.05, 0) is 18.6 Å². The summed E-state index contributed by atoms with van der Waals surface area (Å²) in [5.41, 5.74) is 1.82. The number of nitrogens with one attached hydrogen (secondary N) is 1. The molecule has 2 rings (SSSR count). The maximum Gasteiger partial charge on any atom is 0.228 e. The third-order valence-electron chi connectivity index (χ3n) is 3.48. The lowest BCUT2D eigenvalue weighted by Crippen LogP contribution is -2.45. The Kier molecular flexibility index (Phi) is 3.93. The van der Waals surface area contributed by atoms with Crippen LogP contribution in [0.25, 0.3) is 0 Å². The number of aliphatic hydroxyl groups is 1. The minimum atomic E-state index is -0.483. The molecule has 1 aromatic rings. The summed E-state index contributed by atoms with van der Waals surface area (Å²) in [5, 5.41) is 12.8. The highest BCUT2D eigenvalue weighted by Crippen LogP contribution is 2.11. The van der Waals surface area contributed by atoms with E-state index in [1.165, 1.54) is 0 Å². The van der Waals surface area contributed by atoms with Crippen molar-refractivity contribution in [1.29, 1.82) is 0 Å². The number of aromatic nitrogens is 1. The summed E-state index contributed by atoms with van der Waals surface area (Å²) in [5.74, 6) is -0.00968. The average Bonchev–Trinajstić information content (AvgIpc) is 2.77. The predicted octanol–water partition coefficient (Wildman–Crippen LogP) is -0.276. The molecule has 18 heavy (non-hydrogen) atoms. The van der Waals surface area contributed by atoms with Crippen molar-refractivity contribution in [3.63, 3.8) is 0 Å². The zero-order valence-electron chi connectivity index (χ0n) is 10.8. The first kappa shape index (κ1) is 13.0. The van der Waals surface area contributed by atoms with Crippen molar-refractivity contribution in [2.75, 3.05) is 20.1 Å². The highest BCUT2D eigenvalue weighted by atomic mass is 16.3. The molecule has 0 bridgehead atoms. The molecule has 5 nitrogen and oxygen atoms in total. The molecule has 5 heteroatoms. The second-order valence-corrected chi connectivity index (χ2v) is 4.74. The molecule has 0 aliphatic carbocycles.